The maximum Gasteiger partial charge on any atom is 0.294 e. The summed E-state index contributed by atoms with van der Waals surface area (Å²) >= 11 is 0. The molecule has 3 aromatic rings. The number of nitrogens with one attached hydrogen (secondary N) is 1. The molecular formula is C20H22N3O+. The SMILES string of the molecule is CNC1=[N+](Cc2ccccc2)CCn2c1cc1cc(OC)ccc12. The van der Waals surface area contributed by atoms with Gasteiger partial charge in [0.25, 0.3) is 5.84 Å². The van der Waals surface area contributed by atoms with E-state index in [0.717, 1.165) is 25.4 Å². The number of hydrogen-bond acceptors (Lipinski definition) is 2. The molecule has 4 heteroatoms. The number of ether oxygens (including phenoxy) is 1. The lowest BCUT2D eigenvalue weighted by atomic mass is 10.2. The molecule has 0 unspecified atom stereocenters. The summed E-state index contributed by atoms with van der Waals surface area (Å²) in [5.74, 6) is 2.08. The molecule has 1 aliphatic rings. The van der Waals surface area contributed by atoms with Crippen molar-refractivity contribution >= 4 is 16.7 Å². The number of benzene rings is 2. The van der Waals surface area contributed by atoms with Crippen molar-refractivity contribution in [2.75, 3.05) is 20.7 Å². The summed E-state index contributed by atoms with van der Waals surface area (Å²) < 4.78 is 10.2. The van der Waals surface area contributed by atoms with Gasteiger partial charge in [0.05, 0.1) is 20.7 Å². The Balaban J connectivity index is 1.80. The van der Waals surface area contributed by atoms with Gasteiger partial charge in [0, 0.05) is 10.9 Å². The summed E-state index contributed by atoms with van der Waals surface area (Å²) in [6.45, 7) is 2.90. The number of rotatable bonds is 3. The van der Waals surface area contributed by atoms with Crippen molar-refractivity contribution in [2.24, 2.45) is 0 Å². The molecule has 2 heterocycles. The van der Waals surface area contributed by atoms with E-state index in [1.165, 1.54) is 28.0 Å². The van der Waals surface area contributed by atoms with E-state index < -0.39 is 0 Å². The quantitative estimate of drug-likeness (QED) is 0.752. The van der Waals surface area contributed by atoms with Gasteiger partial charge < -0.3 is 9.30 Å². The van der Waals surface area contributed by atoms with Crippen molar-refractivity contribution in [2.45, 2.75) is 13.1 Å². The van der Waals surface area contributed by atoms with Crippen LogP contribution in [0.4, 0.5) is 0 Å². The van der Waals surface area contributed by atoms with E-state index in [9.17, 15) is 0 Å². The minimum Gasteiger partial charge on any atom is -0.497 e. The molecule has 4 nitrogen and oxygen atoms in total. The molecule has 0 amide bonds. The molecule has 0 bridgehead atoms. The van der Waals surface area contributed by atoms with Gasteiger partial charge in [-0.3, -0.25) is 9.89 Å². The van der Waals surface area contributed by atoms with Crippen molar-refractivity contribution in [1.29, 1.82) is 0 Å². The van der Waals surface area contributed by atoms with Crippen LogP contribution in [0, 0.1) is 0 Å². The Kier molecular flexibility index (Phi) is 3.73. The van der Waals surface area contributed by atoms with Crippen molar-refractivity contribution < 1.29 is 9.31 Å². The summed E-state index contributed by atoms with van der Waals surface area (Å²) in [7, 11) is 3.71. The second-order valence-corrected chi connectivity index (χ2v) is 6.11. The van der Waals surface area contributed by atoms with Gasteiger partial charge in [0.1, 0.15) is 24.5 Å². The van der Waals surface area contributed by atoms with Crippen LogP contribution in [0.5, 0.6) is 5.75 Å². The van der Waals surface area contributed by atoms with Crippen LogP contribution in [-0.4, -0.2) is 35.7 Å². The molecule has 0 saturated carbocycles. The van der Waals surface area contributed by atoms with E-state index in [4.69, 9.17) is 4.74 Å². The van der Waals surface area contributed by atoms with Gasteiger partial charge in [-0.1, -0.05) is 30.3 Å². The van der Waals surface area contributed by atoms with Crippen LogP contribution in [0.1, 0.15) is 11.3 Å². The fourth-order valence-corrected chi connectivity index (χ4v) is 3.56. The standard InChI is InChI=1S/C20H21N3O/c1-21-20-19-13-16-12-17(24-2)8-9-18(16)23(19)11-10-22(20)14-15-6-4-3-5-7-15/h3-9,12-13H,10-11,14H2,1-2H3/p+1. The average Bonchev–Trinajstić information content (AvgIpc) is 3.00. The molecule has 1 aromatic heterocycles. The first-order chi connectivity index (χ1) is 11.8. The molecule has 0 aliphatic carbocycles. The zero-order valence-electron chi connectivity index (χ0n) is 14.1. The predicted molar refractivity (Wildman–Crippen MR) is 96.9 cm³/mol. The van der Waals surface area contributed by atoms with Crippen LogP contribution in [0.3, 0.4) is 0 Å². The number of fused-ring (bicyclic) bond motifs is 3. The smallest absolute Gasteiger partial charge is 0.294 e. The molecular weight excluding hydrogens is 298 g/mol. The van der Waals surface area contributed by atoms with Gasteiger partial charge in [-0.15, -0.1) is 0 Å². The van der Waals surface area contributed by atoms with Crippen molar-refractivity contribution in [1.82, 2.24) is 9.88 Å². The Hall–Kier alpha value is -2.75. The van der Waals surface area contributed by atoms with E-state index in [1.54, 1.807) is 7.11 Å². The molecule has 1 N–H and O–H groups in total. The third kappa shape index (κ3) is 2.44. The molecule has 0 fully saturated rings. The summed E-state index contributed by atoms with van der Waals surface area (Å²) in [5.41, 5.74) is 3.83. The number of hydrogen-bond donors (Lipinski definition) is 1. The van der Waals surface area contributed by atoms with Crippen LogP contribution < -0.4 is 10.1 Å². The van der Waals surface area contributed by atoms with Crippen LogP contribution in [0.15, 0.2) is 54.6 Å². The predicted octanol–water partition coefficient (Wildman–Crippen LogP) is 2.84. The van der Waals surface area contributed by atoms with E-state index in [-0.39, 0.29) is 0 Å². The van der Waals surface area contributed by atoms with E-state index >= 15 is 0 Å². The van der Waals surface area contributed by atoms with Crippen molar-refractivity contribution in [3.63, 3.8) is 0 Å². The van der Waals surface area contributed by atoms with Gasteiger partial charge in [-0.2, -0.15) is 0 Å². The lowest BCUT2D eigenvalue weighted by Crippen LogP contribution is -2.39. The fourth-order valence-electron chi connectivity index (χ4n) is 3.56. The first-order valence-corrected chi connectivity index (χ1v) is 8.31. The van der Waals surface area contributed by atoms with E-state index in [0.29, 0.717) is 0 Å². The number of aromatic nitrogens is 1. The largest absolute Gasteiger partial charge is 0.497 e. The molecule has 24 heavy (non-hydrogen) atoms. The highest BCUT2D eigenvalue weighted by atomic mass is 16.5. The topological polar surface area (TPSA) is 29.2 Å². The number of amidine groups is 1. The lowest BCUT2D eigenvalue weighted by molar-refractivity contribution is -0.549. The molecule has 1 aliphatic heterocycles. The Bertz CT molecular complexity index is 909. The highest BCUT2D eigenvalue weighted by Crippen LogP contribution is 2.26. The molecule has 0 atom stereocenters. The van der Waals surface area contributed by atoms with E-state index in [1.807, 2.05) is 13.1 Å². The molecule has 2 aromatic carbocycles. The van der Waals surface area contributed by atoms with Gasteiger partial charge in [0.15, 0.2) is 0 Å². The Labute approximate surface area is 142 Å². The Morgan fingerprint density at radius 2 is 1.96 bits per heavy atom. The van der Waals surface area contributed by atoms with Crippen molar-refractivity contribution in [3.8, 4) is 5.75 Å². The fraction of sp³-hybridized carbons (Fsp3) is 0.250. The Morgan fingerprint density at radius 1 is 1.12 bits per heavy atom. The minimum absolute atomic E-state index is 0.901. The minimum atomic E-state index is 0.901. The van der Waals surface area contributed by atoms with Gasteiger partial charge >= 0.3 is 0 Å². The lowest BCUT2D eigenvalue weighted by Gasteiger charge is -2.20. The molecule has 4 rings (SSSR count). The second kappa shape index (κ2) is 6.04. The highest BCUT2D eigenvalue weighted by molar-refractivity contribution is 5.99. The molecule has 0 spiro atoms. The van der Waals surface area contributed by atoms with Gasteiger partial charge in [-0.25, -0.2) is 0 Å². The first-order valence-electron chi connectivity index (χ1n) is 8.31. The zero-order chi connectivity index (χ0) is 16.5. The summed E-state index contributed by atoms with van der Waals surface area (Å²) in [5, 5.41) is 4.63. The van der Waals surface area contributed by atoms with Crippen LogP contribution >= 0.6 is 0 Å². The van der Waals surface area contributed by atoms with Crippen LogP contribution in [0.2, 0.25) is 0 Å². The van der Waals surface area contributed by atoms with Crippen molar-refractivity contribution in [3.05, 3.63) is 65.9 Å². The maximum absolute atomic E-state index is 5.37. The maximum atomic E-state index is 5.37. The van der Waals surface area contributed by atoms with Gasteiger partial charge in [0.2, 0.25) is 0 Å². The molecule has 122 valence electrons. The third-order valence-corrected chi connectivity index (χ3v) is 4.71. The highest BCUT2D eigenvalue weighted by Gasteiger charge is 2.25. The molecule has 0 saturated heterocycles. The summed E-state index contributed by atoms with van der Waals surface area (Å²) in [4.78, 5) is 0. The van der Waals surface area contributed by atoms with E-state index in [2.05, 4.69) is 63.0 Å². The normalized spacial score (nSPS) is 13.9. The number of nitrogens with zero attached hydrogens (tertiary/aromatic N) is 2. The van der Waals surface area contributed by atoms with Crippen LogP contribution in [0.25, 0.3) is 10.9 Å². The second-order valence-electron chi connectivity index (χ2n) is 6.11. The summed E-state index contributed by atoms with van der Waals surface area (Å²) in [6, 6.07) is 19.2. The third-order valence-electron chi connectivity index (χ3n) is 4.71. The Morgan fingerprint density at radius 3 is 2.71 bits per heavy atom. The summed E-state index contributed by atoms with van der Waals surface area (Å²) in [6.07, 6.45) is 0. The first kappa shape index (κ1) is 14.8. The van der Waals surface area contributed by atoms with Crippen LogP contribution in [-0.2, 0) is 13.1 Å². The zero-order valence-corrected chi connectivity index (χ0v) is 14.1. The number of methoxy groups -OCH3 is 1. The molecule has 0 radical (unpaired) electrons. The van der Waals surface area contributed by atoms with Gasteiger partial charge in [-0.05, 0) is 29.8 Å². The monoisotopic (exact) mass is 320 g/mol. The average molecular weight is 320 g/mol.